The van der Waals surface area contributed by atoms with Crippen molar-refractivity contribution in [2.45, 2.75) is 46.1 Å². The van der Waals surface area contributed by atoms with Crippen LogP contribution in [0, 0.1) is 5.92 Å². The van der Waals surface area contributed by atoms with Gasteiger partial charge in [-0.25, -0.2) is 0 Å². The first kappa shape index (κ1) is 17.9. The Morgan fingerprint density at radius 2 is 1.87 bits per heavy atom. The summed E-state index contributed by atoms with van der Waals surface area (Å²) in [6.45, 7) is 4.72. The standard InChI is InChI=1S/C18H23NO2S2/c1-3-5-13(6-4-2)18(21)19-11-15-7-8-16(23-15)17(20)14-9-10-22-12-14/h7-10,12-13H,3-6,11H2,1-2H3,(H,19,21). The van der Waals surface area contributed by atoms with Gasteiger partial charge in [0, 0.05) is 21.7 Å². The van der Waals surface area contributed by atoms with Gasteiger partial charge < -0.3 is 5.32 Å². The molecule has 0 bridgehead atoms. The summed E-state index contributed by atoms with van der Waals surface area (Å²) in [6, 6.07) is 5.62. The lowest BCUT2D eigenvalue weighted by Gasteiger charge is -2.14. The van der Waals surface area contributed by atoms with Gasteiger partial charge in [0.25, 0.3) is 0 Å². The Kier molecular flexibility index (Phi) is 6.99. The fraction of sp³-hybridized carbons (Fsp3) is 0.444. The summed E-state index contributed by atoms with van der Waals surface area (Å²) in [5.41, 5.74) is 0.735. The molecule has 0 atom stereocenters. The van der Waals surface area contributed by atoms with Crippen LogP contribution in [0.25, 0.3) is 0 Å². The number of amides is 1. The maximum atomic E-state index is 12.3. The van der Waals surface area contributed by atoms with E-state index in [1.54, 1.807) is 0 Å². The van der Waals surface area contributed by atoms with Gasteiger partial charge in [-0.05, 0) is 36.4 Å². The van der Waals surface area contributed by atoms with E-state index in [-0.39, 0.29) is 17.6 Å². The maximum Gasteiger partial charge on any atom is 0.223 e. The van der Waals surface area contributed by atoms with Crippen LogP contribution in [0.5, 0.6) is 0 Å². The molecule has 0 aromatic carbocycles. The van der Waals surface area contributed by atoms with E-state index in [1.807, 2.05) is 29.0 Å². The highest BCUT2D eigenvalue weighted by Crippen LogP contribution is 2.21. The van der Waals surface area contributed by atoms with Gasteiger partial charge in [-0.3, -0.25) is 9.59 Å². The number of carbonyl (C=O) groups is 2. The summed E-state index contributed by atoms with van der Waals surface area (Å²) in [4.78, 5) is 26.3. The Morgan fingerprint density at radius 1 is 1.13 bits per heavy atom. The summed E-state index contributed by atoms with van der Waals surface area (Å²) in [5.74, 6) is 0.299. The van der Waals surface area contributed by atoms with Crippen molar-refractivity contribution in [2.24, 2.45) is 5.92 Å². The first-order valence-electron chi connectivity index (χ1n) is 8.09. The van der Waals surface area contributed by atoms with Crippen LogP contribution in [0.2, 0.25) is 0 Å². The highest BCUT2D eigenvalue weighted by Gasteiger charge is 2.17. The predicted octanol–water partition coefficient (Wildman–Crippen LogP) is 4.87. The molecular formula is C18H23NO2S2. The minimum atomic E-state index is 0.0590. The van der Waals surface area contributed by atoms with Gasteiger partial charge >= 0.3 is 0 Å². The quantitative estimate of drug-likeness (QED) is 0.656. The van der Waals surface area contributed by atoms with E-state index < -0.39 is 0 Å². The highest BCUT2D eigenvalue weighted by molar-refractivity contribution is 7.14. The van der Waals surface area contributed by atoms with Crippen molar-refractivity contribution < 1.29 is 9.59 Å². The van der Waals surface area contributed by atoms with Crippen molar-refractivity contribution >= 4 is 34.4 Å². The summed E-state index contributed by atoms with van der Waals surface area (Å²) >= 11 is 2.98. The maximum absolute atomic E-state index is 12.3. The molecule has 2 heterocycles. The topological polar surface area (TPSA) is 46.2 Å². The zero-order valence-electron chi connectivity index (χ0n) is 13.6. The van der Waals surface area contributed by atoms with Crippen LogP contribution in [0.15, 0.2) is 29.0 Å². The van der Waals surface area contributed by atoms with Crippen LogP contribution in [0.3, 0.4) is 0 Å². The van der Waals surface area contributed by atoms with Gasteiger partial charge in [0.1, 0.15) is 0 Å². The molecule has 0 spiro atoms. The Hall–Kier alpha value is -1.46. The van der Waals surface area contributed by atoms with Crippen molar-refractivity contribution in [3.63, 3.8) is 0 Å². The lowest BCUT2D eigenvalue weighted by Crippen LogP contribution is -2.30. The molecule has 0 saturated heterocycles. The number of ketones is 1. The van der Waals surface area contributed by atoms with Gasteiger partial charge in [0.05, 0.1) is 11.4 Å². The molecule has 2 rings (SSSR count). The molecular weight excluding hydrogens is 326 g/mol. The zero-order chi connectivity index (χ0) is 16.7. The first-order valence-corrected chi connectivity index (χ1v) is 9.85. The highest BCUT2D eigenvalue weighted by atomic mass is 32.1. The van der Waals surface area contributed by atoms with Gasteiger partial charge in [-0.1, -0.05) is 26.7 Å². The number of nitrogens with one attached hydrogen (secondary N) is 1. The second-order valence-corrected chi connectivity index (χ2v) is 7.55. The monoisotopic (exact) mass is 349 g/mol. The predicted molar refractivity (Wildman–Crippen MR) is 97.2 cm³/mol. The Morgan fingerprint density at radius 3 is 2.48 bits per heavy atom. The Bertz CT molecular complexity index is 625. The molecule has 0 unspecified atom stereocenters. The van der Waals surface area contributed by atoms with Crippen LogP contribution in [-0.4, -0.2) is 11.7 Å². The average Bonchev–Trinajstić information content (AvgIpc) is 3.23. The largest absolute Gasteiger partial charge is 0.351 e. The molecule has 0 aliphatic heterocycles. The minimum absolute atomic E-state index is 0.0590. The molecule has 0 radical (unpaired) electrons. The molecule has 0 fully saturated rings. The Labute approximate surface area is 145 Å². The molecule has 1 N–H and O–H groups in total. The first-order chi connectivity index (χ1) is 11.2. The fourth-order valence-electron chi connectivity index (χ4n) is 2.55. The van der Waals surface area contributed by atoms with Gasteiger partial charge in [-0.15, -0.1) is 11.3 Å². The van der Waals surface area contributed by atoms with Crippen molar-refractivity contribution in [3.8, 4) is 0 Å². The van der Waals surface area contributed by atoms with E-state index in [2.05, 4.69) is 19.2 Å². The molecule has 2 aromatic heterocycles. The van der Waals surface area contributed by atoms with Crippen molar-refractivity contribution in [1.29, 1.82) is 0 Å². The molecule has 0 aliphatic carbocycles. The van der Waals surface area contributed by atoms with E-state index in [4.69, 9.17) is 0 Å². The lowest BCUT2D eigenvalue weighted by atomic mass is 9.97. The lowest BCUT2D eigenvalue weighted by molar-refractivity contribution is -0.125. The smallest absolute Gasteiger partial charge is 0.223 e. The number of hydrogen-bond acceptors (Lipinski definition) is 4. The van der Waals surface area contributed by atoms with Crippen LogP contribution >= 0.6 is 22.7 Å². The van der Waals surface area contributed by atoms with Gasteiger partial charge in [0.15, 0.2) is 0 Å². The third-order valence-corrected chi connectivity index (χ3v) is 5.52. The zero-order valence-corrected chi connectivity index (χ0v) is 15.3. The normalized spacial score (nSPS) is 10.9. The molecule has 0 aliphatic rings. The third kappa shape index (κ3) is 5.01. The van der Waals surface area contributed by atoms with E-state index in [1.165, 1.54) is 22.7 Å². The molecule has 23 heavy (non-hydrogen) atoms. The van der Waals surface area contributed by atoms with Crippen LogP contribution < -0.4 is 5.32 Å². The van der Waals surface area contributed by atoms with E-state index in [0.717, 1.165) is 41.0 Å². The van der Waals surface area contributed by atoms with E-state index in [9.17, 15) is 9.59 Å². The summed E-state index contributed by atoms with van der Waals surface area (Å²) in [6.07, 6.45) is 3.92. The summed E-state index contributed by atoms with van der Waals surface area (Å²) < 4.78 is 0. The van der Waals surface area contributed by atoms with Crippen LogP contribution in [-0.2, 0) is 11.3 Å². The molecule has 1 amide bonds. The Balaban J connectivity index is 1.91. The van der Waals surface area contributed by atoms with Crippen LogP contribution in [0.4, 0.5) is 0 Å². The van der Waals surface area contributed by atoms with Crippen LogP contribution in [0.1, 0.15) is 59.6 Å². The second kappa shape index (κ2) is 8.99. The number of thiophene rings is 2. The van der Waals surface area contributed by atoms with E-state index in [0.29, 0.717) is 6.54 Å². The summed E-state index contributed by atoms with van der Waals surface area (Å²) in [7, 11) is 0. The van der Waals surface area contributed by atoms with E-state index >= 15 is 0 Å². The van der Waals surface area contributed by atoms with Crippen molar-refractivity contribution in [1.82, 2.24) is 5.32 Å². The van der Waals surface area contributed by atoms with Crippen molar-refractivity contribution in [2.75, 3.05) is 0 Å². The third-order valence-electron chi connectivity index (χ3n) is 3.75. The summed E-state index contributed by atoms with van der Waals surface area (Å²) in [5, 5.41) is 6.79. The molecule has 0 saturated carbocycles. The second-order valence-electron chi connectivity index (χ2n) is 5.60. The van der Waals surface area contributed by atoms with Gasteiger partial charge in [-0.2, -0.15) is 11.3 Å². The number of carbonyl (C=O) groups excluding carboxylic acids is 2. The SMILES string of the molecule is CCCC(CCC)C(=O)NCc1ccc(C(=O)c2ccsc2)s1. The number of hydrogen-bond donors (Lipinski definition) is 1. The van der Waals surface area contributed by atoms with Gasteiger partial charge in [0.2, 0.25) is 11.7 Å². The molecule has 2 aromatic rings. The average molecular weight is 350 g/mol. The number of rotatable bonds is 9. The molecule has 5 heteroatoms. The molecule has 3 nitrogen and oxygen atoms in total. The van der Waals surface area contributed by atoms with Crippen molar-refractivity contribution in [3.05, 3.63) is 44.3 Å². The molecule has 124 valence electrons. The fourth-order valence-corrected chi connectivity index (χ4v) is 4.10. The minimum Gasteiger partial charge on any atom is -0.351 e.